The number of aliphatic imine (C=N–C) groups is 1. The van der Waals surface area contributed by atoms with Gasteiger partial charge in [0.25, 0.3) is 0 Å². The van der Waals surface area contributed by atoms with Gasteiger partial charge in [-0.3, -0.25) is 4.99 Å². The fourth-order valence-corrected chi connectivity index (χ4v) is 2.31. The summed E-state index contributed by atoms with van der Waals surface area (Å²) in [4.78, 5) is 6.77. The molecular weight excluding hydrogens is 212 g/mol. The highest BCUT2D eigenvalue weighted by molar-refractivity contribution is 5.79. The van der Waals surface area contributed by atoms with Crippen molar-refractivity contribution in [2.24, 2.45) is 10.9 Å². The number of rotatable bonds is 4. The van der Waals surface area contributed by atoms with Gasteiger partial charge in [0.05, 0.1) is 0 Å². The van der Waals surface area contributed by atoms with Gasteiger partial charge >= 0.3 is 0 Å². The maximum absolute atomic E-state index is 4.23. The number of hydrogen-bond donors (Lipinski definition) is 2. The Morgan fingerprint density at radius 2 is 2.24 bits per heavy atom. The van der Waals surface area contributed by atoms with Crippen molar-refractivity contribution in [3.8, 4) is 0 Å². The Morgan fingerprint density at radius 3 is 2.82 bits per heavy atom. The standard InChI is InChI=1S/C13H28N4/c1-5-17-8-6-7-12(10-17)9-15-13(14-4)16-11(2)3/h11-12H,5-10H2,1-4H3,(H2,14,15,16). The van der Waals surface area contributed by atoms with E-state index in [0.717, 1.165) is 18.4 Å². The molecule has 0 spiro atoms. The zero-order valence-corrected chi connectivity index (χ0v) is 11.8. The largest absolute Gasteiger partial charge is 0.356 e. The molecule has 0 bridgehead atoms. The number of nitrogens with zero attached hydrogens (tertiary/aromatic N) is 2. The molecule has 1 aliphatic heterocycles. The van der Waals surface area contributed by atoms with Crippen LogP contribution in [0.5, 0.6) is 0 Å². The first-order chi connectivity index (χ1) is 8.15. The second-order valence-electron chi connectivity index (χ2n) is 5.15. The zero-order chi connectivity index (χ0) is 12.7. The van der Waals surface area contributed by atoms with Crippen molar-refractivity contribution in [2.75, 3.05) is 33.2 Å². The van der Waals surface area contributed by atoms with Crippen molar-refractivity contribution in [1.29, 1.82) is 0 Å². The third-order valence-corrected chi connectivity index (χ3v) is 3.26. The molecule has 0 radical (unpaired) electrons. The van der Waals surface area contributed by atoms with Crippen molar-refractivity contribution < 1.29 is 0 Å². The normalized spacial score (nSPS) is 22.9. The summed E-state index contributed by atoms with van der Waals surface area (Å²) in [7, 11) is 1.83. The van der Waals surface area contributed by atoms with Gasteiger partial charge in [-0.25, -0.2) is 0 Å². The molecule has 0 amide bonds. The molecule has 0 aromatic carbocycles. The summed E-state index contributed by atoms with van der Waals surface area (Å²) in [6.45, 7) is 11.2. The van der Waals surface area contributed by atoms with Crippen LogP contribution in [0, 0.1) is 5.92 Å². The highest BCUT2D eigenvalue weighted by atomic mass is 15.2. The first-order valence-electron chi connectivity index (χ1n) is 6.85. The zero-order valence-electron chi connectivity index (χ0n) is 11.8. The summed E-state index contributed by atoms with van der Waals surface area (Å²) in [5.41, 5.74) is 0. The second kappa shape index (κ2) is 7.54. The Hall–Kier alpha value is -0.770. The van der Waals surface area contributed by atoms with Crippen molar-refractivity contribution >= 4 is 5.96 Å². The molecule has 1 rings (SSSR count). The SMILES string of the molecule is CCN1CCCC(CNC(=NC)NC(C)C)C1. The predicted molar refractivity (Wildman–Crippen MR) is 74.5 cm³/mol. The highest BCUT2D eigenvalue weighted by Crippen LogP contribution is 2.14. The summed E-state index contributed by atoms with van der Waals surface area (Å²) >= 11 is 0. The number of piperidine rings is 1. The number of likely N-dealkylation sites (tertiary alicyclic amines) is 1. The van der Waals surface area contributed by atoms with Crippen LogP contribution in [0.15, 0.2) is 4.99 Å². The van der Waals surface area contributed by atoms with Crippen LogP contribution < -0.4 is 10.6 Å². The van der Waals surface area contributed by atoms with Crippen molar-refractivity contribution in [1.82, 2.24) is 15.5 Å². The summed E-state index contributed by atoms with van der Waals surface area (Å²) in [5.74, 6) is 1.68. The van der Waals surface area contributed by atoms with Gasteiger partial charge in [-0.05, 0) is 45.7 Å². The molecule has 0 aliphatic carbocycles. The van der Waals surface area contributed by atoms with Crippen molar-refractivity contribution in [3.05, 3.63) is 0 Å². The Balaban J connectivity index is 2.29. The lowest BCUT2D eigenvalue weighted by Gasteiger charge is -2.32. The maximum Gasteiger partial charge on any atom is 0.191 e. The van der Waals surface area contributed by atoms with Gasteiger partial charge in [-0.2, -0.15) is 0 Å². The highest BCUT2D eigenvalue weighted by Gasteiger charge is 2.18. The van der Waals surface area contributed by atoms with Gasteiger partial charge in [-0.15, -0.1) is 0 Å². The molecule has 1 heterocycles. The Kier molecular flexibility index (Phi) is 6.34. The predicted octanol–water partition coefficient (Wildman–Crippen LogP) is 1.29. The van der Waals surface area contributed by atoms with Gasteiger partial charge in [0.1, 0.15) is 0 Å². The molecule has 2 N–H and O–H groups in total. The van der Waals surface area contributed by atoms with Crippen molar-refractivity contribution in [2.45, 2.75) is 39.7 Å². The van der Waals surface area contributed by atoms with E-state index in [-0.39, 0.29) is 0 Å². The topological polar surface area (TPSA) is 39.7 Å². The molecule has 0 aromatic heterocycles. The third kappa shape index (κ3) is 5.39. The average molecular weight is 240 g/mol. The summed E-state index contributed by atoms with van der Waals surface area (Å²) < 4.78 is 0. The van der Waals surface area contributed by atoms with Crippen LogP contribution in [-0.4, -0.2) is 50.1 Å². The van der Waals surface area contributed by atoms with E-state index in [1.165, 1.54) is 32.5 Å². The van der Waals surface area contributed by atoms with E-state index in [0.29, 0.717) is 6.04 Å². The number of nitrogens with one attached hydrogen (secondary N) is 2. The second-order valence-corrected chi connectivity index (χ2v) is 5.15. The Morgan fingerprint density at radius 1 is 1.47 bits per heavy atom. The van der Waals surface area contributed by atoms with Crippen LogP contribution in [0.2, 0.25) is 0 Å². The lowest BCUT2D eigenvalue weighted by atomic mass is 9.98. The van der Waals surface area contributed by atoms with E-state index < -0.39 is 0 Å². The summed E-state index contributed by atoms with van der Waals surface area (Å²) in [5, 5.41) is 6.75. The van der Waals surface area contributed by atoms with Crippen LogP contribution in [-0.2, 0) is 0 Å². The average Bonchev–Trinajstić information content (AvgIpc) is 2.34. The molecule has 1 atom stereocenters. The molecule has 1 saturated heterocycles. The molecule has 0 aromatic rings. The molecule has 1 unspecified atom stereocenters. The third-order valence-electron chi connectivity index (χ3n) is 3.26. The lowest BCUT2D eigenvalue weighted by Crippen LogP contribution is -2.46. The fraction of sp³-hybridized carbons (Fsp3) is 0.923. The maximum atomic E-state index is 4.23. The summed E-state index contributed by atoms with van der Waals surface area (Å²) in [6.07, 6.45) is 2.67. The van der Waals surface area contributed by atoms with E-state index in [1.54, 1.807) is 0 Å². The molecule has 1 aliphatic rings. The van der Waals surface area contributed by atoms with Crippen LogP contribution >= 0.6 is 0 Å². The number of hydrogen-bond acceptors (Lipinski definition) is 2. The van der Waals surface area contributed by atoms with E-state index in [9.17, 15) is 0 Å². The Labute approximate surface area is 106 Å². The smallest absolute Gasteiger partial charge is 0.191 e. The molecule has 4 nitrogen and oxygen atoms in total. The van der Waals surface area contributed by atoms with Crippen LogP contribution in [0.1, 0.15) is 33.6 Å². The first-order valence-corrected chi connectivity index (χ1v) is 6.85. The molecule has 1 fully saturated rings. The van der Waals surface area contributed by atoms with E-state index in [4.69, 9.17) is 0 Å². The van der Waals surface area contributed by atoms with E-state index in [1.807, 2.05) is 7.05 Å². The minimum absolute atomic E-state index is 0.430. The van der Waals surface area contributed by atoms with Gasteiger partial charge in [-0.1, -0.05) is 6.92 Å². The minimum atomic E-state index is 0.430. The van der Waals surface area contributed by atoms with Gasteiger partial charge in [0.2, 0.25) is 0 Å². The quantitative estimate of drug-likeness (QED) is 0.574. The minimum Gasteiger partial charge on any atom is -0.356 e. The number of guanidine groups is 1. The van der Waals surface area contributed by atoms with Gasteiger partial charge in [0, 0.05) is 26.2 Å². The summed E-state index contributed by atoms with van der Waals surface area (Å²) in [6, 6.07) is 0.430. The Bertz CT molecular complexity index is 238. The van der Waals surface area contributed by atoms with Crippen LogP contribution in [0.4, 0.5) is 0 Å². The van der Waals surface area contributed by atoms with Crippen LogP contribution in [0.25, 0.3) is 0 Å². The van der Waals surface area contributed by atoms with Gasteiger partial charge < -0.3 is 15.5 Å². The molecule has 0 saturated carbocycles. The van der Waals surface area contributed by atoms with Gasteiger partial charge in [0.15, 0.2) is 5.96 Å². The fourth-order valence-electron chi connectivity index (χ4n) is 2.31. The first kappa shape index (κ1) is 14.3. The molecular formula is C13H28N4. The molecule has 17 heavy (non-hydrogen) atoms. The molecule has 4 heteroatoms. The molecule has 100 valence electrons. The van der Waals surface area contributed by atoms with Crippen LogP contribution in [0.3, 0.4) is 0 Å². The van der Waals surface area contributed by atoms with E-state index >= 15 is 0 Å². The van der Waals surface area contributed by atoms with E-state index in [2.05, 4.69) is 41.3 Å². The van der Waals surface area contributed by atoms with Crippen molar-refractivity contribution in [3.63, 3.8) is 0 Å². The monoisotopic (exact) mass is 240 g/mol. The lowest BCUT2D eigenvalue weighted by molar-refractivity contribution is 0.183.